The normalized spacial score (nSPS) is 21.3. The second-order valence-corrected chi connectivity index (χ2v) is 3.24. The van der Waals surface area contributed by atoms with Crippen molar-refractivity contribution < 1.29 is 0 Å². The van der Waals surface area contributed by atoms with Crippen LogP contribution in [0.1, 0.15) is 30.9 Å². The molecule has 56 valence electrons. The zero-order valence-corrected chi connectivity index (χ0v) is 6.96. The highest BCUT2D eigenvalue weighted by Gasteiger charge is 2.16. The zero-order chi connectivity index (χ0) is 7.84. The van der Waals surface area contributed by atoms with E-state index in [0.29, 0.717) is 5.92 Å². The Kier molecular flexibility index (Phi) is 1.35. The van der Waals surface area contributed by atoms with E-state index >= 15 is 0 Å². The highest BCUT2D eigenvalue weighted by atomic mass is 14.2. The van der Waals surface area contributed by atoms with Crippen molar-refractivity contribution in [3.05, 3.63) is 41.0 Å². The van der Waals surface area contributed by atoms with Crippen LogP contribution in [0.2, 0.25) is 0 Å². The summed E-state index contributed by atoms with van der Waals surface area (Å²) in [6, 6.07) is 8.61. The first kappa shape index (κ1) is 6.66. The third kappa shape index (κ3) is 0.900. The van der Waals surface area contributed by atoms with E-state index in [4.69, 9.17) is 0 Å². The van der Waals surface area contributed by atoms with Gasteiger partial charge in [-0.05, 0) is 18.1 Å². The molecule has 1 aromatic carbocycles. The summed E-state index contributed by atoms with van der Waals surface area (Å²) < 4.78 is 0. The van der Waals surface area contributed by atoms with Gasteiger partial charge in [0, 0.05) is 5.92 Å². The molecule has 0 heterocycles. The zero-order valence-electron chi connectivity index (χ0n) is 6.96. The van der Waals surface area contributed by atoms with Crippen molar-refractivity contribution in [2.24, 2.45) is 0 Å². The van der Waals surface area contributed by atoms with Crippen LogP contribution in [0.4, 0.5) is 0 Å². The molecule has 0 bridgehead atoms. The largest absolute Gasteiger partial charge is 0.0655 e. The number of hydrogen-bond acceptors (Lipinski definition) is 0. The van der Waals surface area contributed by atoms with Crippen LogP contribution in [0.5, 0.6) is 0 Å². The van der Waals surface area contributed by atoms with Crippen LogP contribution in [-0.4, -0.2) is 0 Å². The minimum absolute atomic E-state index is 0.631. The van der Waals surface area contributed by atoms with Crippen molar-refractivity contribution in [3.8, 4) is 0 Å². The first-order valence-electron chi connectivity index (χ1n) is 4.06. The quantitative estimate of drug-likeness (QED) is 0.524. The summed E-state index contributed by atoms with van der Waals surface area (Å²) in [5.41, 5.74) is 4.36. The lowest BCUT2D eigenvalue weighted by molar-refractivity contribution is 0.921. The Bertz CT molecular complexity index is 308. The SMILES string of the molecule is CC1=Cc2ccccc2[C@H]1C. The van der Waals surface area contributed by atoms with Crippen LogP contribution in [-0.2, 0) is 0 Å². The molecule has 0 radical (unpaired) electrons. The molecule has 11 heavy (non-hydrogen) atoms. The summed E-state index contributed by atoms with van der Waals surface area (Å²) in [4.78, 5) is 0. The molecule has 0 saturated carbocycles. The highest BCUT2D eigenvalue weighted by molar-refractivity contribution is 5.65. The number of fused-ring (bicyclic) bond motifs is 1. The second-order valence-electron chi connectivity index (χ2n) is 3.24. The molecule has 0 nitrogen and oxygen atoms in total. The van der Waals surface area contributed by atoms with Gasteiger partial charge >= 0.3 is 0 Å². The summed E-state index contributed by atoms with van der Waals surface area (Å²) in [6.07, 6.45) is 2.28. The van der Waals surface area contributed by atoms with Crippen molar-refractivity contribution in [3.63, 3.8) is 0 Å². The summed E-state index contributed by atoms with van der Waals surface area (Å²) in [7, 11) is 0. The molecule has 1 atom stereocenters. The maximum Gasteiger partial charge on any atom is 0.00263 e. The first-order chi connectivity index (χ1) is 5.29. The van der Waals surface area contributed by atoms with E-state index in [-0.39, 0.29) is 0 Å². The number of allylic oxidation sites excluding steroid dienone is 1. The van der Waals surface area contributed by atoms with Crippen molar-refractivity contribution >= 4 is 6.08 Å². The smallest absolute Gasteiger partial charge is 0.00263 e. The molecule has 0 spiro atoms. The van der Waals surface area contributed by atoms with Gasteiger partial charge in [-0.25, -0.2) is 0 Å². The molecule has 0 fully saturated rings. The van der Waals surface area contributed by atoms with Crippen LogP contribution >= 0.6 is 0 Å². The fraction of sp³-hybridized carbons (Fsp3) is 0.273. The lowest BCUT2D eigenvalue weighted by Gasteiger charge is -2.05. The Morgan fingerprint density at radius 1 is 1.18 bits per heavy atom. The maximum atomic E-state index is 2.28. The molecule has 1 aliphatic carbocycles. The van der Waals surface area contributed by atoms with Crippen LogP contribution < -0.4 is 0 Å². The van der Waals surface area contributed by atoms with Gasteiger partial charge in [-0.1, -0.05) is 42.8 Å². The standard InChI is InChI=1S/C11H12/c1-8-7-10-5-3-4-6-11(10)9(8)2/h3-7,9H,1-2H3/t9-/m0/s1. The van der Waals surface area contributed by atoms with Crippen molar-refractivity contribution in [1.29, 1.82) is 0 Å². The molecular weight excluding hydrogens is 132 g/mol. The van der Waals surface area contributed by atoms with Gasteiger partial charge in [0.2, 0.25) is 0 Å². The number of rotatable bonds is 0. The van der Waals surface area contributed by atoms with Crippen LogP contribution in [0.15, 0.2) is 29.8 Å². The fourth-order valence-electron chi connectivity index (χ4n) is 1.65. The average Bonchev–Trinajstić information content (AvgIpc) is 2.30. The molecule has 2 rings (SSSR count). The fourth-order valence-corrected chi connectivity index (χ4v) is 1.65. The van der Waals surface area contributed by atoms with E-state index in [1.807, 2.05) is 0 Å². The van der Waals surface area contributed by atoms with Crippen LogP contribution in [0.25, 0.3) is 6.08 Å². The van der Waals surface area contributed by atoms with Gasteiger partial charge < -0.3 is 0 Å². The van der Waals surface area contributed by atoms with E-state index in [1.54, 1.807) is 0 Å². The molecule has 0 amide bonds. The summed E-state index contributed by atoms with van der Waals surface area (Å²) in [5.74, 6) is 0.631. The molecule has 0 heteroatoms. The molecule has 0 aromatic heterocycles. The Hall–Kier alpha value is -1.04. The monoisotopic (exact) mass is 144 g/mol. The lowest BCUT2D eigenvalue weighted by Crippen LogP contribution is -1.88. The molecule has 0 unspecified atom stereocenters. The van der Waals surface area contributed by atoms with E-state index < -0.39 is 0 Å². The summed E-state index contributed by atoms with van der Waals surface area (Å²) >= 11 is 0. The predicted octanol–water partition coefficient (Wildman–Crippen LogP) is 3.21. The van der Waals surface area contributed by atoms with Gasteiger partial charge in [0.25, 0.3) is 0 Å². The third-order valence-corrected chi connectivity index (χ3v) is 2.53. The van der Waals surface area contributed by atoms with Gasteiger partial charge in [-0.2, -0.15) is 0 Å². The second kappa shape index (κ2) is 2.23. The molecular formula is C11H12. The van der Waals surface area contributed by atoms with E-state index in [9.17, 15) is 0 Å². The van der Waals surface area contributed by atoms with Gasteiger partial charge in [0.05, 0.1) is 0 Å². The topological polar surface area (TPSA) is 0 Å². The lowest BCUT2D eigenvalue weighted by atomic mass is 9.99. The van der Waals surface area contributed by atoms with Crippen molar-refractivity contribution in [1.82, 2.24) is 0 Å². The minimum Gasteiger partial charge on any atom is -0.0655 e. The van der Waals surface area contributed by atoms with Gasteiger partial charge in [-0.3, -0.25) is 0 Å². The van der Waals surface area contributed by atoms with E-state index in [2.05, 4.69) is 44.2 Å². The molecule has 0 N–H and O–H groups in total. The summed E-state index contributed by atoms with van der Waals surface area (Å²) in [5, 5.41) is 0. The first-order valence-corrected chi connectivity index (χ1v) is 4.06. The summed E-state index contributed by atoms with van der Waals surface area (Å²) in [6.45, 7) is 4.46. The third-order valence-electron chi connectivity index (χ3n) is 2.53. The highest BCUT2D eigenvalue weighted by Crippen LogP contribution is 2.34. The molecule has 1 aromatic rings. The Labute approximate surface area is 67.6 Å². The van der Waals surface area contributed by atoms with Crippen molar-refractivity contribution in [2.45, 2.75) is 19.8 Å². The van der Waals surface area contributed by atoms with E-state index in [1.165, 1.54) is 16.7 Å². The number of hydrogen-bond donors (Lipinski definition) is 0. The Morgan fingerprint density at radius 2 is 1.91 bits per heavy atom. The van der Waals surface area contributed by atoms with E-state index in [0.717, 1.165) is 0 Å². The van der Waals surface area contributed by atoms with Crippen molar-refractivity contribution in [2.75, 3.05) is 0 Å². The maximum absolute atomic E-state index is 2.28. The van der Waals surface area contributed by atoms with Gasteiger partial charge in [0.15, 0.2) is 0 Å². The Morgan fingerprint density at radius 3 is 2.64 bits per heavy atom. The molecule has 0 saturated heterocycles. The molecule has 0 aliphatic heterocycles. The van der Waals surface area contributed by atoms with Gasteiger partial charge in [-0.15, -0.1) is 0 Å². The molecule has 1 aliphatic rings. The minimum atomic E-state index is 0.631. The number of benzene rings is 1. The predicted molar refractivity (Wildman–Crippen MR) is 48.5 cm³/mol. The average molecular weight is 144 g/mol. The van der Waals surface area contributed by atoms with Gasteiger partial charge in [0.1, 0.15) is 0 Å². The Balaban J connectivity index is 2.58. The van der Waals surface area contributed by atoms with Crippen LogP contribution in [0, 0.1) is 0 Å². The van der Waals surface area contributed by atoms with Crippen LogP contribution in [0.3, 0.4) is 0 Å².